The predicted molar refractivity (Wildman–Crippen MR) is 192 cm³/mol. The molecule has 9 nitrogen and oxygen atoms in total. The Morgan fingerprint density at radius 1 is 0.860 bits per heavy atom. The third-order valence-corrected chi connectivity index (χ3v) is 16.6. The molecule has 0 radical (unpaired) electrons. The van der Waals surface area contributed by atoms with E-state index in [0.29, 0.717) is 66.4 Å². The molecule has 9 heteroatoms. The highest BCUT2D eigenvalue weighted by Gasteiger charge is 2.69. The van der Waals surface area contributed by atoms with E-state index >= 15 is 0 Å². The van der Waals surface area contributed by atoms with Crippen LogP contribution in [-0.2, 0) is 19.1 Å². The summed E-state index contributed by atoms with van der Waals surface area (Å²) < 4.78 is 13.5. The third-order valence-electron chi connectivity index (χ3n) is 16.6. The fourth-order valence-electron chi connectivity index (χ4n) is 13.8. The summed E-state index contributed by atoms with van der Waals surface area (Å²) in [6.45, 7) is 23.6. The second-order valence-electron chi connectivity index (χ2n) is 19.0. The number of nitrogens with one attached hydrogen (secondary N) is 1. The van der Waals surface area contributed by atoms with Gasteiger partial charge in [-0.05, 0) is 117 Å². The summed E-state index contributed by atoms with van der Waals surface area (Å²) in [4.78, 5) is 36.6. The molecule has 1 unspecified atom stereocenters. The maximum atomic E-state index is 13.2. The molecule has 8 aliphatic rings. The average Bonchev–Trinajstić information content (AvgIpc) is 3.56. The van der Waals surface area contributed by atoms with E-state index in [0.717, 1.165) is 82.6 Å². The van der Waals surface area contributed by atoms with Crippen molar-refractivity contribution < 1.29 is 19.1 Å². The second-order valence-corrected chi connectivity index (χ2v) is 19.0. The van der Waals surface area contributed by atoms with E-state index in [2.05, 4.69) is 47.7 Å². The number of likely N-dealkylation sites (tertiary alicyclic amines) is 1. The molecule has 8 rings (SSSR count). The zero-order chi connectivity index (χ0) is 34.8. The Kier molecular flexibility index (Phi) is 9.60. The van der Waals surface area contributed by atoms with Gasteiger partial charge < -0.3 is 19.7 Å². The fraction of sp³-hybridized carbons (Fsp3) is 0.927. The van der Waals surface area contributed by atoms with Gasteiger partial charge in [-0.1, -0.05) is 27.7 Å². The number of piperazine rings is 1. The van der Waals surface area contributed by atoms with Crippen LogP contribution in [0, 0.1) is 58.8 Å². The van der Waals surface area contributed by atoms with E-state index in [1.807, 2.05) is 4.90 Å². The Morgan fingerprint density at radius 3 is 2.34 bits per heavy atom. The molecule has 4 saturated heterocycles. The molecule has 0 aromatic carbocycles. The number of carbonyl (C=O) groups excluding carboxylic acids is 2. The number of hydrogen-bond donors (Lipinski definition) is 1. The zero-order valence-electron chi connectivity index (χ0n) is 31.5. The van der Waals surface area contributed by atoms with E-state index < -0.39 is 0 Å². The Morgan fingerprint density at radius 2 is 1.62 bits per heavy atom. The van der Waals surface area contributed by atoms with Gasteiger partial charge in [-0.25, -0.2) is 11.5 Å². The number of carbonyl (C=O) groups is 2. The molecule has 2 amide bonds. The molecular formula is C41H65N5O4. The summed E-state index contributed by atoms with van der Waals surface area (Å²) in [5, 5.41) is 3.34. The summed E-state index contributed by atoms with van der Waals surface area (Å²) in [5.41, 5.74) is 0.703. The second kappa shape index (κ2) is 13.6. The van der Waals surface area contributed by atoms with Crippen LogP contribution in [0.2, 0.25) is 0 Å². The van der Waals surface area contributed by atoms with E-state index in [4.69, 9.17) is 16.0 Å². The number of nitrogens with zero attached hydrogens (tertiary/aromatic N) is 4. The first kappa shape index (κ1) is 35.3. The third kappa shape index (κ3) is 6.04. The van der Waals surface area contributed by atoms with Crippen molar-refractivity contribution in [2.75, 3.05) is 52.5 Å². The predicted octanol–water partition coefficient (Wildman–Crippen LogP) is 5.79. The fourth-order valence-corrected chi connectivity index (χ4v) is 13.8. The Bertz CT molecular complexity index is 1310. The lowest BCUT2D eigenvalue weighted by Gasteiger charge is -2.61. The molecule has 50 heavy (non-hydrogen) atoms. The number of fused-ring (bicyclic) bond motifs is 7. The molecule has 0 aromatic heterocycles. The number of rotatable bonds is 5. The van der Waals surface area contributed by atoms with E-state index in [-0.39, 0.29) is 30.1 Å². The maximum absolute atomic E-state index is 13.2. The van der Waals surface area contributed by atoms with Crippen LogP contribution in [0.15, 0.2) is 0 Å². The normalized spacial score (nSPS) is 46.8. The van der Waals surface area contributed by atoms with Crippen molar-refractivity contribution in [2.24, 2.45) is 52.3 Å². The Labute approximate surface area is 301 Å². The average molecular weight is 692 g/mol. The smallest absolute Gasteiger partial charge is 0.270 e. The van der Waals surface area contributed by atoms with Crippen molar-refractivity contribution in [3.05, 3.63) is 11.4 Å². The lowest BCUT2D eigenvalue weighted by molar-refractivity contribution is -0.273. The van der Waals surface area contributed by atoms with E-state index in [1.165, 1.54) is 44.9 Å². The van der Waals surface area contributed by atoms with Gasteiger partial charge in [0.25, 0.3) is 6.67 Å². The number of ether oxygens (including phenoxy) is 2. The summed E-state index contributed by atoms with van der Waals surface area (Å²) >= 11 is 0. The number of piperidine rings is 1. The molecule has 1 N–H and O–H groups in total. The van der Waals surface area contributed by atoms with Crippen LogP contribution >= 0.6 is 0 Å². The largest absolute Gasteiger partial charge is 0.353 e. The Balaban J connectivity index is 0.813. The zero-order valence-corrected chi connectivity index (χ0v) is 31.5. The molecule has 4 aliphatic carbocycles. The van der Waals surface area contributed by atoms with Crippen molar-refractivity contribution >= 4 is 11.8 Å². The van der Waals surface area contributed by atoms with Gasteiger partial charge in [0.1, 0.15) is 6.42 Å². The molecular weight excluding hydrogens is 626 g/mol. The minimum absolute atomic E-state index is 0.0180. The van der Waals surface area contributed by atoms with Crippen LogP contribution in [0.1, 0.15) is 111 Å². The minimum Gasteiger partial charge on any atom is -0.353 e. The molecule has 4 aliphatic heterocycles. The van der Waals surface area contributed by atoms with Crippen LogP contribution in [-0.4, -0.2) is 103 Å². The summed E-state index contributed by atoms with van der Waals surface area (Å²) in [5.74, 6) is 4.27. The maximum Gasteiger partial charge on any atom is 0.270 e. The lowest BCUT2D eigenvalue weighted by Crippen LogP contribution is -2.56. The molecule has 0 bridgehead atoms. The van der Waals surface area contributed by atoms with Crippen LogP contribution in [0.25, 0.3) is 4.85 Å². The number of amides is 2. The van der Waals surface area contributed by atoms with Gasteiger partial charge in [-0.3, -0.25) is 19.3 Å². The van der Waals surface area contributed by atoms with Gasteiger partial charge in [0.2, 0.25) is 11.8 Å². The van der Waals surface area contributed by atoms with Crippen LogP contribution in [0.4, 0.5) is 0 Å². The standard InChI is InChI=1S/C41H65N5O4/c1-27-8-15-41(49-25-27)28(2)38-35(50-41)23-34-32-7-6-29-22-30(9-13-39(29,3)33(32)10-14-40(34,38)4)43-36(47)24-37(48)46-20-18-45(19-21-46)31-11-16-44(17-12-31)26-42-5/h27-35,38H,6-26H2,1-4H3,(H,43,47)/t27-,28-,29+,30+,32+,33?,34-,35-,38-,39-,40-,41+/m0/s1. The van der Waals surface area contributed by atoms with E-state index in [9.17, 15) is 9.59 Å². The van der Waals surface area contributed by atoms with Crippen LogP contribution in [0.5, 0.6) is 0 Å². The highest BCUT2D eigenvalue weighted by molar-refractivity contribution is 5.97. The monoisotopic (exact) mass is 692 g/mol. The lowest BCUT2D eigenvalue weighted by atomic mass is 9.44. The summed E-state index contributed by atoms with van der Waals surface area (Å²) in [7, 11) is 0. The van der Waals surface area contributed by atoms with Crippen molar-refractivity contribution in [1.29, 1.82) is 0 Å². The minimum atomic E-state index is -0.336. The topological polar surface area (TPSA) is 78.7 Å². The SMILES string of the molecule is [C-]#[N+]CN1CCC(N2CCN(C(=O)CC(=O)N[C@@H]3CC[C@]4(C)C5CC[C@]6(C)[C@@H]7[C@H](C[C@H]6[C@@H]5CC[C@@H]4C3)O[C@]3(CC[C@H](C)CO3)[C@H]7C)CC2)CC1. The summed E-state index contributed by atoms with van der Waals surface area (Å²) in [6.07, 6.45) is 14.6. The molecule has 8 fully saturated rings. The first-order valence-corrected chi connectivity index (χ1v) is 20.7. The summed E-state index contributed by atoms with van der Waals surface area (Å²) in [6, 6.07) is 0.741. The van der Waals surface area contributed by atoms with Crippen molar-refractivity contribution in [3.63, 3.8) is 0 Å². The van der Waals surface area contributed by atoms with Crippen molar-refractivity contribution in [1.82, 2.24) is 20.0 Å². The molecule has 4 heterocycles. The molecule has 4 saturated carbocycles. The molecule has 1 spiro atoms. The van der Waals surface area contributed by atoms with Crippen LogP contribution in [0.3, 0.4) is 0 Å². The molecule has 0 aromatic rings. The highest BCUT2D eigenvalue weighted by Crippen LogP contribution is 2.71. The van der Waals surface area contributed by atoms with Gasteiger partial charge in [-0.2, -0.15) is 0 Å². The van der Waals surface area contributed by atoms with Gasteiger partial charge in [-0.15, -0.1) is 0 Å². The molecule has 12 atom stereocenters. The first-order chi connectivity index (χ1) is 24.0. The van der Waals surface area contributed by atoms with Crippen LogP contribution < -0.4 is 5.32 Å². The quantitative estimate of drug-likeness (QED) is 0.291. The van der Waals surface area contributed by atoms with Crippen molar-refractivity contribution in [3.8, 4) is 0 Å². The number of hydrogen-bond acceptors (Lipinski definition) is 6. The molecule has 278 valence electrons. The van der Waals surface area contributed by atoms with E-state index in [1.54, 1.807) is 0 Å². The Hall–Kier alpha value is -1.73. The van der Waals surface area contributed by atoms with Gasteiger partial charge in [0, 0.05) is 63.7 Å². The van der Waals surface area contributed by atoms with Gasteiger partial charge >= 0.3 is 0 Å². The van der Waals surface area contributed by atoms with Gasteiger partial charge in [0.05, 0.1) is 12.7 Å². The van der Waals surface area contributed by atoms with Crippen molar-refractivity contribution in [2.45, 2.75) is 135 Å². The highest BCUT2D eigenvalue weighted by atomic mass is 16.7. The first-order valence-electron chi connectivity index (χ1n) is 20.7. The van der Waals surface area contributed by atoms with Gasteiger partial charge in [0.15, 0.2) is 5.79 Å².